The van der Waals surface area contributed by atoms with Crippen LogP contribution >= 0.6 is 11.3 Å². The molecule has 0 saturated carbocycles. The zero-order valence-electron chi connectivity index (χ0n) is 10.4. The number of anilines is 2. The van der Waals surface area contributed by atoms with Crippen molar-refractivity contribution in [3.8, 4) is 0 Å². The minimum absolute atomic E-state index is 0.818. The lowest BCUT2D eigenvalue weighted by Crippen LogP contribution is -2.10. The van der Waals surface area contributed by atoms with E-state index in [1.165, 1.54) is 11.3 Å². The maximum absolute atomic E-state index is 4.58. The normalized spacial score (nSPS) is 10.5. The summed E-state index contributed by atoms with van der Waals surface area (Å²) in [6.07, 6.45) is 0. The molecule has 0 fully saturated rings. The number of rotatable bonds is 4. The van der Waals surface area contributed by atoms with Gasteiger partial charge in [-0.3, -0.25) is 0 Å². The predicted molar refractivity (Wildman–Crippen MR) is 74.1 cm³/mol. The van der Waals surface area contributed by atoms with Gasteiger partial charge in [-0.25, -0.2) is 4.98 Å². The molecule has 0 spiro atoms. The van der Waals surface area contributed by atoms with Gasteiger partial charge in [0, 0.05) is 24.7 Å². The van der Waals surface area contributed by atoms with Crippen LogP contribution in [-0.2, 0) is 6.54 Å². The molecular weight excluding hydrogens is 230 g/mol. The van der Waals surface area contributed by atoms with Crippen LogP contribution in [0.1, 0.15) is 11.3 Å². The van der Waals surface area contributed by atoms with Gasteiger partial charge < -0.3 is 10.2 Å². The largest absolute Gasteiger partial charge is 0.321 e. The molecule has 0 aliphatic heterocycles. The number of thiazole rings is 1. The molecule has 2 rings (SSSR count). The zero-order valence-corrected chi connectivity index (χ0v) is 11.2. The molecule has 0 amide bonds. The Morgan fingerprint density at radius 3 is 2.65 bits per heavy atom. The molecule has 0 radical (unpaired) electrons. The molecule has 1 aromatic heterocycles. The van der Waals surface area contributed by atoms with E-state index < -0.39 is 0 Å². The summed E-state index contributed by atoms with van der Waals surface area (Å²) in [6, 6.07) is 8.48. The van der Waals surface area contributed by atoms with E-state index >= 15 is 0 Å². The van der Waals surface area contributed by atoms with Gasteiger partial charge in [0.25, 0.3) is 0 Å². The second-order valence-corrected chi connectivity index (χ2v) is 4.88. The molecule has 0 aliphatic rings. The van der Waals surface area contributed by atoms with Crippen LogP contribution in [0.2, 0.25) is 0 Å². The fourth-order valence-electron chi connectivity index (χ4n) is 1.59. The number of nitrogens with zero attached hydrogens (tertiary/aromatic N) is 2. The topological polar surface area (TPSA) is 28.2 Å². The predicted octanol–water partition coefficient (Wildman–Crippen LogP) is 2.94. The molecule has 90 valence electrons. The van der Waals surface area contributed by atoms with E-state index in [4.69, 9.17) is 0 Å². The highest BCUT2D eigenvalue weighted by molar-refractivity contribution is 7.13. The van der Waals surface area contributed by atoms with Crippen molar-refractivity contribution in [1.29, 1.82) is 0 Å². The molecule has 0 atom stereocenters. The molecule has 1 aromatic carbocycles. The minimum atomic E-state index is 0.818. The monoisotopic (exact) mass is 247 g/mol. The second-order valence-electron chi connectivity index (χ2n) is 4.05. The molecule has 1 heterocycles. The van der Waals surface area contributed by atoms with Crippen molar-refractivity contribution in [2.24, 2.45) is 0 Å². The van der Waals surface area contributed by atoms with Gasteiger partial charge in [-0.05, 0) is 26.1 Å². The van der Waals surface area contributed by atoms with Gasteiger partial charge in [0.05, 0.1) is 5.69 Å². The Kier molecular flexibility index (Phi) is 3.76. The van der Waals surface area contributed by atoms with Crippen LogP contribution in [0.5, 0.6) is 0 Å². The lowest BCUT2D eigenvalue weighted by molar-refractivity contribution is 0.797. The summed E-state index contributed by atoms with van der Waals surface area (Å²) in [6.45, 7) is 2.91. The van der Waals surface area contributed by atoms with Crippen LogP contribution in [0.4, 0.5) is 10.8 Å². The lowest BCUT2D eigenvalue weighted by Gasteiger charge is -2.15. The van der Waals surface area contributed by atoms with E-state index in [1.54, 1.807) is 11.3 Å². The van der Waals surface area contributed by atoms with Crippen LogP contribution in [0, 0.1) is 6.92 Å². The highest BCUT2D eigenvalue weighted by Crippen LogP contribution is 2.26. The van der Waals surface area contributed by atoms with E-state index in [9.17, 15) is 0 Å². The fraction of sp³-hybridized carbons (Fsp3) is 0.308. The third-order valence-electron chi connectivity index (χ3n) is 2.61. The number of nitrogens with one attached hydrogen (secondary N) is 1. The highest BCUT2D eigenvalue weighted by atomic mass is 32.1. The van der Waals surface area contributed by atoms with Crippen molar-refractivity contribution < 1.29 is 0 Å². The number of aryl methyl sites for hydroxylation is 1. The summed E-state index contributed by atoms with van der Waals surface area (Å²) < 4.78 is 0. The van der Waals surface area contributed by atoms with Crippen molar-refractivity contribution in [3.63, 3.8) is 0 Å². The van der Waals surface area contributed by atoms with Crippen LogP contribution < -0.4 is 10.2 Å². The fourth-order valence-corrected chi connectivity index (χ4v) is 2.40. The maximum Gasteiger partial charge on any atom is 0.189 e. The van der Waals surface area contributed by atoms with Gasteiger partial charge in [0.1, 0.15) is 0 Å². The molecule has 0 saturated heterocycles. The molecular formula is C13H17N3S. The third-order valence-corrected chi connectivity index (χ3v) is 3.57. The SMILES string of the molecule is CNCc1csc(N(C)c2ccc(C)cc2)n1. The summed E-state index contributed by atoms with van der Waals surface area (Å²) in [5, 5.41) is 6.23. The van der Waals surface area contributed by atoms with Crippen LogP contribution in [0.25, 0.3) is 0 Å². The number of aromatic nitrogens is 1. The maximum atomic E-state index is 4.58. The molecule has 17 heavy (non-hydrogen) atoms. The highest BCUT2D eigenvalue weighted by Gasteiger charge is 2.08. The quantitative estimate of drug-likeness (QED) is 0.900. The Hall–Kier alpha value is -1.39. The van der Waals surface area contributed by atoms with Crippen LogP contribution in [0.15, 0.2) is 29.6 Å². The smallest absolute Gasteiger partial charge is 0.189 e. The molecule has 0 aliphatic carbocycles. The Bertz CT molecular complexity index is 476. The average Bonchev–Trinajstić information content (AvgIpc) is 2.78. The molecule has 3 nitrogen and oxygen atoms in total. The Morgan fingerprint density at radius 2 is 2.00 bits per heavy atom. The average molecular weight is 247 g/mol. The number of hydrogen-bond acceptors (Lipinski definition) is 4. The summed E-state index contributed by atoms with van der Waals surface area (Å²) in [7, 11) is 3.98. The standard InChI is InChI=1S/C13H17N3S/c1-10-4-6-12(7-5-10)16(3)13-15-11(8-14-2)9-17-13/h4-7,9,14H,8H2,1-3H3. The first kappa shape index (κ1) is 12.1. The summed E-state index contributed by atoms with van der Waals surface area (Å²) in [4.78, 5) is 6.70. The molecule has 0 unspecified atom stereocenters. The lowest BCUT2D eigenvalue weighted by atomic mass is 10.2. The number of hydrogen-bond donors (Lipinski definition) is 1. The van der Waals surface area contributed by atoms with Gasteiger partial charge in [0.15, 0.2) is 5.13 Å². The van der Waals surface area contributed by atoms with Crippen molar-refractivity contribution >= 4 is 22.2 Å². The zero-order chi connectivity index (χ0) is 12.3. The van der Waals surface area contributed by atoms with E-state index in [1.807, 2.05) is 14.1 Å². The van der Waals surface area contributed by atoms with Crippen molar-refractivity contribution in [1.82, 2.24) is 10.3 Å². The summed E-state index contributed by atoms with van der Waals surface area (Å²) >= 11 is 1.67. The van der Waals surface area contributed by atoms with Gasteiger partial charge in [-0.2, -0.15) is 0 Å². The van der Waals surface area contributed by atoms with Gasteiger partial charge in [0.2, 0.25) is 0 Å². The summed E-state index contributed by atoms with van der Waals surface area (Å²) in [5.41, 5.74) is 3.53. The Morgan fingerprint density at radius 1 is 1.29 bits per heavy atom. The second kappa shape index (κ2) is 5.29. The van der Waals surface area contributed by atoms with Gasteiger partial charge in [-0.15, -0.1) is 11.3 Å². The third kappa shape index (κ3) is 2.84. The molecule has 4 heteroatoms. The first-order chi connectivity index (χ1) is 8.20. The van der Waals surface area contributed by atoms with Crippen molar-refractivity contribution in [2.75, 3.05) is 19.0 Å². The Labute approximate surface area is 106 Å². The van der Waals surface area contributed by atoms with Crippen LogP contribution in [0.3, 0.4) is 0 Å². The van der Waals surface area contributed by atoms with E-state index in [-0.39, 0.29) is 0 Å². The first-order valence-electron chi connectivity index (χ1n) is 5.60. The first-order valence-corrected chi connectivity index (χ1v) is 6.48. The Balaban J connectivity index is 2.18. The summed E-state index contributed by atoms with van der Waals surface area (Å²) in [5.74, 6) is 0. The molecule has 2 aromatic rings. The van der Waals surface area contributed by atoms with E-state index in [0.29, 0.717) is 0 Å². The van der Waals surface area contributed by atoms with Crippen LogP contribution in [-0.4, -0.2) is 19.1 Å². The minimum Gasteiger partial charge on any atom is -0.321 e. The van der Waals surface area contributed by atoms with Crippen molar-refractivity contribution in [3.05, 3.63) is 40.9 Å². The van der Waals surface area contributed by atoms with E-state index in [2.05, 4.69) is 51.8 Å². The number of benzene rings is 1. The van der Waals surface area contributed by atoms with Gasteiger partial charge in [-0.1, -0.05) is 17.7 Å². The molecule has 0 bridgehead atoms. The van der Waals surface area contributed by atoms with Gasteiger partial charge >= 0.3 is 0 Å². The van der Waals surface area contributed by atoms with Crippen molar-refractivity contribution in [2.45, 2.75) is 13.5 Å². The molecule has 1 N–H and O–H groups in total. The van der Waals surface area contributed by atoms with E-state index in [0.717, 1.165) is 17.4 Å².